The molecule has 0 aliphatic carbocycles. The first-order chi connectivity index (χ1) is 10.9. The average molecular weight is 335 g/mol. The topological polar surface area (TPSA) is 43.2 Å². The van der Waals surface area contributed by atoms with Crippen LogP contribution in [0.5, 0.6) is 0 Å². The summed E-state index contributed by atoms with van der Waals surface area (Å²) in [4.78, 5) is 10.8. The van der Waals surface area contributed by atoms with Gasteiger partial charge in [0.2, 0.25) is 0 Å². The molecule has 2 rings (SSSR count). The molecule has 0 saturated carbocycles. The van der Waals surface area contributed by atoms with E-state index < -0.39 is 0 Å². The third-order valence-corrected chi connectivity index (χ3v) is 5.68. The van der Waals surface area contributed by atoms with Crippen molar-refractivity contribution in [2.24, 2.45) is 11.3 Å². The van der Waals surface area contributed by atoms with Crippen molar-refractivity contribution in [3.8, 4) is 6.07 Å². The molecule has 2 heterocycles. The lowest BCUT2D eigenvalue weighted by atomic mass is 9.87. The van der Waals surface area contributed by atoms with E-state index in [4.69, 9.17) is 5.26 Å². The molecular formula is C18H30N4S. The van der Waals surface area contributed by atoms with E-state index in [-0.39, 0.29) is 5.41 Å². The van der Waals surface area contributed by atoms with Crippen molar-refractivity contribution in [2.75, 3.05) is 33.2 Å². The number of hydrogen-bond donors (Lipinski definition) is 0. The van der Waals surface area contributed by atoms with Crippen LogP contribution in [0.2, 0.25) is 0 Å². The lowest BCUT2D eigenvalue weighted by Gasteiger charge is -2.30. The molecule has 0 N–H and O–H groups in total. The molecule has 1 aliphatic rings. The fraction of sp³-hybridized carbons (Fsp3) is 0.778. The highest BCUT2D eigenvalue weighted by molar-refractivity contribution is 7.09. The van der Waals surface area contributed by atoms with Gasteiger partial charge in [0.25, 0.3) is 0 Å². The Morgan fingerprint density at radius 2 is 2.30 bits per heavy atom. The van der Waals surface area contributed by atoms with Crippen LogP contribution in [0.4, 0.5) is 0 Å². The van der Waals surface area contributed by atoms with Crippen LogP contribution in [0.3, 0.4) is 0 Å². The summed E-state index contributed by atoms with van der Waals surface area (Å²) in [5, 5.41) is 8.78. The number of rotatable bonds is 8. The van der Waals surface area contributed by atoms with Gasteiger partial charge in [0.1, 0.15) is 0 Å². The van der Waals surface area contributed by atoms with E-state index in [2.05, 4.69) is 48.7 Å². The van der Waals surface area contributed by atoms with Crippen LogP contribution in [-0.4, -0.2) is 48.0 Å². The van der Waals surface area contributed by atoms with E-state index in [9.17, 15) is 0 Å². The third-order valence-electron chi connectivity index (χ3n) is 4.76. The second-order valence-electron chi connectivity index (χ2n) is 7.77. The molecule has 5 heteroatoms. The largest absolute Gasteiger partial charge is 0.302 e. The molecule has 4 nitrogen and oxygen atoms in total. The highest BCUT2D eigenvalue weighted by Crippen LogP contribution is 2.27. The molecule has 0 amide bonds. The van der Waals surface area contributed by atoms with Crippen LogP contribution in [0.25, 0.3) is 0 Å². The molecule has 0 aromatic carbocycles. The van der Waals surface area contributed by atoms with E-state index in [1.165, 1.54) is 30.1 Å². The fourth-order valence-corrected chi connectivity index (χ4v) is 4.37. The molecule has 1 atom stereocenters. The minimum Gasteiger partial charge on any atom is -0.302 e. The minimum absolute atomic E-state index is 0.246. The zero-order valence-corrected chi connectivity index (χ0v) is 15.8. The van der Waals surface area contributed by atoms with Crippen molar-refractivity contribution >= 4 is 11.3 Å². The zero-order chi connectivity index (χ0) is 16.9. The average Bonchev–Trinajstić information content (AvgIpc) is 3.06. The standard InChI is InChI=1S/C18H30N4S/c1-15-17(23-14-20-15)12-21(4)10-16-6-9-22(11-16)13-18(2,3)7-5-8-19/h14,16H,5-7,9-13H2,1-4H3. The Morgan fingerprint density at radius 1 is 1.52 bits per heavy atom. The van der Waals surface area contributed by atoms with E-state index in [1.807, 2.05) is 5.51 Å². The van der Waals surface area contributed by atoms with Gasteiger partial charge in [-0.15, -0.1) is 11.3 Å². The van der Waals surface area contributed by atoms with Crippen molar-refractivity contribution in [1.82, 2.24) is 14.8 Å². The Kier molecular flexibility index (Phi) is 6.58. The maximum atomic E-state index is 8.78. The fourth-order valence-electron chi connectivity index (χ4n) is 3.51. The van der Waals surface area contributed by atoms with Gasteiger partial charge in [-0.3, -0.25) is 0 Å². The van der Waals surface area contributed by atoms with Crippen molar-refractivity contribution in [1.29, 1.82) is 5.26 Å². The van der Waals surface area contributed by atoms with Crippen molar-refractivity contribution in [3.63, 3.8) is 0 Å². The predicted octanol–water partition coefficient (Wildman–Crippen LogP) is 3.54. The first-order valence-electron chi connectivity index (χ1n) is 8.56. The normalized spacial score (nSPS) is 19.4. The lowest BCUT2D eigenvalue weighted by Crippen LogP contribution is -2.34. The molecule has 1 aliphatic heterocycles. The summed E-state index contributed by atoms with van der Waals surface area (Å²) in [6.45, 7) is 12.4. The summed E-state index contributed by atoms with van der Waals surface area (Å²) in [6.07, 6.45) is 2.96. The monoisotopic (exact) mass is 334 g/mol. The first kappa shape index (κ1) is 18.4. The molecular weight excluding hydrogens is 304 g/mol. The first-order valence-corrected chi connectivity index (χ1v) is 9.44. The molecule has 1 saturated heterocycles. The molecule has 1 aromatic rings. The number of nitrogens with zero attached hydrogens (tertiary/aromatic N) is 4. The summed E-state index contributed by atoms with van der Waals surface area (Å²) in [5.74, 6) is 0.764. The molecule has 23 heavy (non-hydrogen) atoms. The molecule has 1 aromatic heterocycles. The zero-order valence-electron chi connectivity index (χ0n) is 15.0. The highest BCUT2D eigenvalue weighted by atomic mass is 32.1. The quantitative estimate of drug-likeness (QED) is 0.729. The second kappa shape index (κ2) is 8.23. The molecule has 0 bridgehead atoms. The summed E-state index contributed by atoms with van der Waals surface area (Å²) in [7, 11) is 2.22. The maximum absolute atomic E-state index is 8.78. The molecule has 128 valence electrons. The summed E-state index contributed by atoms with van der Waals surface area (Å²) in [6, 6.07) is 2.28. The molecule has 0 radical (unpaired) electrons. The number of aryl methyl sites for hydroxylation is 1. The van der Waals surface area contributed by atoms with Gasteiger partial charge in [-0.25, -0.2) is 4.98 Å². The summed E-state index contributed by atoms with van der Waals surface area (Å²) in [5.41, 5.74) is 3.37. The van der Waals surface area contributed by atoms with Gasteiger partial charge in [0, 0.05) is 37.5 Å². The summed E-state index contributed by atoms with van der Waals surface area (Å²) >= 11 is 1.76. The molecule has 0 spiro atoms. The summed E-state index contributed by atoms with van der Waals surface area (Å²) < 4.78 is 0. The number of aromatic nitrogens is 1. The van der Waals surface area contributed by atoms with Gasteiger partial charge in [0.05, 0.1) is 17.3 Å². The SMILES string of the molecule is Cc1ncsc1CN(C)CC1CCN(CC(C)(C)CCC#N)C1. The third kappa shape index (κ3) is 5.87. The Balaban J connectivity index is 1.74. The Bertz CT molecular complexity index is 531. The van der Waals surface area contributed by atoms with E-state index in [1.54, 1.807) is 11.3 Å². The Hall–Kier alpha value is -0.960. The van der Waals surface area contributed by atoms with E-state index >= 15 is 0 Å². The number of thiazole rings is 1. The maximum Gasteiger partial charge on any atom is 0.0798 e. The van der Waals surface area contributed by atoms with Gasteiger partial charge >= 0.3 is 0 Å². The van der Waals surface area contributed by atoms with Crippen LogP contribution < -0.4 is 0 Å². The van der Waals surface area contributed by atoms with Crippen LogP contribution in [0, 0.1) is 29.6 Å². The van der Waals surface area contributed by atoms with Crippen molar-refractivity contribution < 1.29 is 0 Å². The van der Waals surface area contributed by atoms with E-state index in [0.717, 1.165) is 32.0 Å². The smallest absolute Gasteiger partial charge is 0.0798 e. The second-order valence-corrected chi connectivity index (χ2v) is 8.71. The van der Waals surface area contributed by atoms with Crippen LogP contribution in [-0.2, 0) is 6.54 Å². The van der Waals surface area contributed by atoms with E-state index in [0.29, 0.717) is 6.42 Å². The highest BCUT2D eigenvalue weighted by Gasteiger charge is 2.28. The van der Waals surface area contributed by atoms with Gasteiger partial charge in [-0.2, -0.15) is 5.26 Å². The van der Waals surface area contributed by atoms with Gasteiger partial charge < -0.3 is 9.80 Å². The number of nitriles is 1. The predicted molar refractivity (Wildman–Crippen MR) is 96.4 cm³/mol. The van der Waals surface area contributed by atoms with Crippen LogP contribution in [0.1, 0.15) is 43.7 Å². The van der Waals surface area contributed by atoms with Crippen molar-refractivity contribution in [2.45, 2.75) is 46.6 Å². The Morgan fingerprint density at radius 3 is 2.96 bits per heavy atom. The van der Waals surface area contributed by atoms with Gasteiger partial charge in [0.15, 0.2) is 0 Å². The van der Waals surface area contributed by atoms with Gasteiger partial charge in [-0.1, -0.05) is 13.8 Å². The van der Waals surface area contributed by atoms with Crippen LogP contribution in [0.15, 0.2) is 5.51 Å². The lowest BCUT2D eigenvalue weighted by molar-refractivity contribution is 0.187. The van der Waals surface area contributed by atoms with Crippen molar-refractivity contribution in [3.05, 3.63) is 16.1 Å². The van der Waals surface area contributed by atoms with Crippen LogP contribution >= 0.6 is 11.3 Å². The molecule has 1 fully saturated rings. The Labute approximate surface area is 145 Å². The minimum atomic E-state index is 0.246. The number of hydrogen-bond acceptors (Lipinski definition) is 5. The molecule has 1 unspecified atom stereocenters. The number of likely N-dealkylation sites (tertiary alicyclic amines) is 1. The van der Waals surface area contributed by atoms with Gasteiger partial charge in [-0.05, 0) is 44.7 Å².